The van der Waals surface area contributed by atoms with Crippen LogP contribution in [0.3, 0.4) is 0 Å². The Morgan fingerprint density at radius 3 is 2.30 bits per heavy atom. The Balaban J connectivity index is 1.19. The molecule has 2 aliphatic heterocycles. The van der Waals surface area contributed by atoms with Gasteiger partial charge in [0.15, 0.2) is 11.5 Å². The number of amides is 1. The Morgan fingerprint density at radius 2 is 1.63 bits per heavy atom. The van der Waals surface area contributed by atoms with Crippen LogP contribution >= 0.6 is 0 Å². The first-order valence-corrected chi connectivity index (χ1v) is 15.0. The summed E-state index contributed by atoms with van der Waals surface area (Å²) in [5.41, 5.74) is 4.16. The number of aromatic nitrogens is 2. The van der Waals surface area contributed by atoms with E-state index >= 15 is 0 Å². The van der Waals surface area contributed by atoms with Crippen LogP contribution in [-0.2, 0) is 15.0 Å². The van der Waals surface area contributed by atoms with Crippen molar-refractivity contribution < 1.29 is 19.1 Å². The van der Waals surface area contributed by atoms with Gasteiger partial charge in [0.2, 0.25) is 5.91 Å². The van der Waals surface area contributed by atoms with Crippen molar-refractivity contribution >= 4 is 23.3 Å². The van der Waals surface area contributed by atoms with Gasteiger partial charge in [-0.2, -0.15) is 5.10 Å². The summed E-state index contributed by atoms with van der Waals surface area (Å²) in [7, 11) is 0. The number of H-pyrrole nitrogens is 1. The molecule has 2 aliphatic rings. The van der Waals surface area contributed by atoms with Crippen LogP contribution < -0.4 is 25.0 Å². The Bertz CT molecular complexity index is 1540. The molecule has 0 atom stereocenters. The Kier molecular flexibility index (Phi) is 8.42. The number of rotatable bonds is 8. The molecular weight excluding hydrogens is 542 g/mol. The average Bonchev–Trinajstić information content (AvgIpc) is 3.59. The van der Waals surface area contributed by atoms with Crippen molar-refractivity contribution in [2.75, 3.05) is 36.4 Å². The Labute approximate surface area is 251 Å². The third kappa shape index (κ3) is 6.41. The monoisotopic (exact) mass is 579 g/mol. The van der Waals surface area contributed by atoms with E-state index in [1.165, 1.54) is 13.3 Å². The fraction of sp³-hybridized carbons (Fsp3) is 0.324. The molecule has 3 N–H and O–H groups in total. The van der Waals surface area contributed by atoms with Gasteiger partial charge < -0.3 is 25.0 Å². The molecule has 4 aromatic rings. The summed E-state index contributed by atoms with van der Waals surface area (Å²) >= 11 is 0. The third-order valence-corrected chi connectivity index (χ3v) is 8.40. The second kappa shape index (κ2) is 12.7. The highest BCUT2D eigenvalue weighted by molar-refractivity contribution is 5.99. The van der Waals surface area contributed by atoms with Crippen molar-refractivity contribution in [3.63, 3.8) is 0 Å². The van der Waals surface area contributed by atoms with E-state index in [-0.39, 0.29) is 5.91 Å². The van der Waals surface area contributed by atoms with Crippen molar-refractivity contribution in [1.82, 2.24) is 15.5 Å². The van der Waals surface area contributed by atoms with E-state index in [0.29, 0.717) is 35.8 Å². The number of benzene rings is 3. The van der Waals surface area contributed by atoms with Gasteiger partial charge in [0.05, 0.1) is 11.6 Å². The zero-order chi connectivity index (χ0) is 29.6. The predicted octanol–water partition coefficient (Wildman–Crippen LogP) is 6.04. The molecule has 3 heterocycles. The highest BCUT2D eigenvalue weighted by atomic mass is 16.6. The molecule has 2 fully saturated rings. The highest BCUT2D eigenvalue weighted by Gasteiger charge is 2.41. The number of nitrogens with one attached hydrogen (secondary N) is 3. The summed E-state index contributed by atoms with van der Waals surface area (Å²) in [5, 5.41) is 13.4. The number of piperidine rings is 2. The number of ether oxygens (including phenoxy) is 2. The molecule has 0 bridgehead atoms. The molecule has 6 rings (SSSR count). The summed E-state index contributed by atoms with van der Waals surface area (Å²) in [5.74, 6) is 0.996. The molecule has 0 aliphatic carbocycles. The van der Waals surface area contributed by atoms with Gasteiger partial charge in [-0.05, 0) is 92.7 Å². The van der Waals surface area contributed by atoms with Gasteiger partial charge >= 0.3 is 5.97 Å². The van der Waals surface area contributed by atoms with E-state index in [9.17, 15) is 9.59 Å². The second-order valence-electron chi connectivity index (χ2n) is 11.2. The molecule has 43 heavy (non-hydrogen) atoms. The normalized spacial score (nSPS) is 16.3. The molecule has 0 saturated carbocycles. The number of hydrogen-bond donors (Lipinski definition) is 3. The van der Waals surface area contributed by atoms with Gasteiger partial charge in [0.1, 0.15) is 5.75 Å². The maximum Gasteiger partial charge on any atom is 0.308 e. The minimum absolute atomic E-state index is 0.0230. The molecule has 0 spiro atoms. The Hall–Kier alpha value is -4.63. The summed E-state index contributed by atoms with van der Waals surface area (Å²) in [6.45, 7) is 4.90. The SMILES string of the molecule is CC(=O)Oc1ccc(N2CCCCC2)cc1Oc1ccc(NC(=O)C2(c3ccc(-c4cn[nH]c4)cc3)CCNCC2)cc1. The number of carbonyl (C=O) groups is 2. The van der Waals surface area contributed by atoms with Gasteiger partial charge in [0, 0.05) is 49.2 Å². The molecule has 222 valence electrons. The van der Waals surface area contributed by atoms with E-state index in [0.717, 1.165) is 61.4 Å². The van der Waals surface area contributed by atoms with Gasteiger partial charge in [-0.1, -0.05) is 24.3 Å². The molecule has 1 aromatic heterocycles. The van der Waals surface area contributed by atoms with Crippen molar-refractivity contribution in [3.05, 3.63) is 84.7 Å². The molecule has 0 unspecified atom stereocenters. The zero-order valence-corrected chi connectivity index (χ0v) is 24.4. The van der Waals surface area contributed by atoms with Crippen LogP contribution in [0.2, 0.25) is 0 Å². The maximum absolute atomic E-state index is 13.9. The quantitative estimate of drug-likeness (QED) is 0.172. The number of carbonyl (C=O) groups excluding carboxylic acids is 2. The average molecular weight is 580 g/mol. The van der Waals surface area contributed by atoms with Gasteiger partial charge in [-0.15, -0.1) is 0 Å². The molecule has 9 heteroatoms. The lowest BCUT2D eigenvalue weighted by Gasteiger charge is -2.37. The van der Waals surface area contributed by atoms with Crippen molar-refractivity contribution in [1.29, 1.82) is 0 Å². The largest absolute Gasteiger partial charge is 0.453 e. The first kappa shape index (κ1) is 28.5. The summed E-state index contributed by atoms with van der Waals surface area (Å²) in [4.78, 5) is 27.9. The van der Waals surface area contributed by atoms with E-state index in [2.05, 4.69) is 37.9 Å². The maximum atomic E-state index is 13.9. The number of nitrogens with zero attached hydrogens (tertiary/aromatic N) is 2. The van der Waals surface area contributed by atoms with Gasteiger partial charge in [-0.3, -0.25) is 14.7 Å². The topological polar surface area (TPSA) is 109 Å². The lowest BCUT2D eigenvalue weighted by atomic mass is 9.72. The van der Waals surface area contributed by atoms with Crippen LogP contribution in [0, 0.1) is 0 Å². The van der Waals surface area contributed by atoms with Crippen molar-refractivity contribution in [2.45, 2.75) is 44.4 Å². The van der Waals surface area contributed by atoms with Crippen molar-refractivity contribution in [3.8, 4) is 28.4 Å². The molecule has 2 saturated heterocycles. The number of esters is 1. The van der Waals surface area contributed by atoms with Gasteiger partial charge in [0.25, 0.3) is 0 Å². The summed E-state index contributed by atoms with van der Waals surface area (Å²) in [6, 6.07) is 21.2. The van der Waals surface area contributed by atoms with Crippen LogP contribution in [0.1, 0.15) is 44.6 Å². The smallest absolute Gasteiger partial charge is 0.308 e. The molecule has 0 radical (unpaired) electrons. The second-order valence-corrected chi connectivity index (χ2v) is 11.2. The number of hydrogen-bond acceptors (Lipinski definition) is 7. The summed E-state index contributed by atoms with van der Waals surface area (Å²) < 4.78 is 11.7. The summed E-state index contributed by atoms with van der Waals surface area (Å²) in [6.07, 6.45) is 8.61. The first-order chi connectivity index (χ1) is 21.0. The fourth-order valence-corrected chi connectivity index (χ4v) is 6.04. The molecule has 9 nitrogen and oxygen atoms in total. The lowest BCUT2D eigenvalue weighted by Crippen LogP contribution is -2.48. The van der Waals surface area contributed by atoms with Gasteiger partial charge in [-0.25, -0.2) is 0 Å². The zero-order valence-electron chi connectivity index (χ0n) is 24.4. The van der Waals surface area contributed by atoms with Crippen LogP contribution in [0.15, 0.2) is 79.1 Å². The standard InChI is InChI=1S/C34H37N5O4/c1-24(40)42-31-14-11-29(39-19-3-2-4-20-39)21-32(31)43-30-12-9-28(10-13-30)38-33(41)34(15-17-35-18-16-34)27-7-5-25(6-8-27)26-22-36-37-23-26/h5-14,21-23,35H,2-4,15-20H2,1H3,(H,36,37)(H,38,41). The van der Waals surface area contributed by atoms with E-state index in [4.69, 9.17) is 9.47 Å². The van der Waals surface area contributed by atoms with Crippen LogP contribution in [0.4, 0.5) is 11.4 Å². The minimum atomic E-state index is -0.636. The van der Waals surface area contributed by atoms with E-state index in [1.807, 2.05) is 54.7 Å². The highest BCUT2D eigenvalue weighted by Crippen LogP contribution is 2.38. The number of aromatic amines is 1. The number of anilines is 2. The van der Waals surface area contributed by atoms with Crippen molar-refractivity contribution in [2.24, 2.45) is 0 Å². The van der Waals surface area contributed by atoms with Crippen LogP contribution in [-0.4, -0.2) is 48.3 Å². The molecule has 1 amide bonds. The predicted molar refractivity (Wildman–Crippen MR) is 167 cm³/mol. The van der Waals surface area contributed by atoms with Crippen LogP contribution in [0.25, 0.3) is 11.1 Å². The molecular formula is C34H37N5O4. The third-order valence-electron chi connectivity index (χ3n) is 8.40. The van der Waals surface area contributed by atoms with E-state index < -0.39 is 11.4 Å². The molecule has 3 aromatic carbocycles. The minimum Gasteiger partial charge on any atom is -0.453 e. The lowest BCUT2D eigenvalue weighted by molar-refractivity contribution is -0.132. The fourth-order valence-electron chi connectivity index (χ4n) is 6.04. The first-order valence-electron chi connectivity index (χ1n) is 15.0. The Morgan fingerprint density at radius 1 is 0.884 bits per heavy atom. The van der Waals surface area contributed by atoms with E-state index in [1.54, 1.807) is 12.3 Å². The van der Waals surface area contributed by atoms with Crippen LogP contribution in [0.5, 0.6) is 17.2 Å².